The van der Waals surface area contributed by atoms with Gasteiger partial charge in [-0.1, -0.05) is 0 Å². The average Bonchev–Trinajstić information content (AvgIpc) is 3.41. The molecule has 2 N–H and O–H groups in total. The van der Waals surface area contributed by atoms with Crippen LogP contribution in [0.15, 0.2) is 24.3 Å². The minimum atomic E-state index is -0.261. The average molecular weight is 416 g/mol. The molecule has 0 saturated carbocycles. The Morgan fingerprint density at radius 1 is 1.24 bits per heavy atom. The SMILES string of the molecule is COc1ccc(C(=O)Nc2nc3c(s2)CCC[C@@H]3C(=O)NC[C@H]2CCCO2)cc1. The molecular weight excluding hydrogens is 390 g/mol. The summed E-state index contributed by atoms with van der Waals surface area (Å²) >= 11 is 1.46. The summed E-state index contributed by atoms with van der Waals surface area (Å²) in [5.74, 6) is 0.212. The van der Waals surface area contributed by atoms with Gasteiger partial charge in [-0.3, -0.25) is 14.9 Å². The van der Waals surface area contributed by atoms with Gasteiger partial charge in [0.05, 0.1) is 24.8 Å². The van der Waals surface area contributed by atoms with Gasteiger partial charge in [0.1, 0.15) is 5.75 Å². The summed E-state index contributed by atoms with van der Waals surface area (Å²) in [6, 6.07) is 6.92. The van der Waals surface area contributed by atoms with Crippen molar-refractivity contribution in [2.24, 2.45) is 0 Å². The minimum Gasteiger partial charge on any atom is -0.497 e. The molecule has 1 fully saturated rings. The van der Waals surface area contributed by atoms with Gasteiger partial charge in [-0.25, -0.2) is 4.98 Å². The lowest BCUT2D eigenvalue weighted by molar-refractivity contribution is -0.123. The Bertz CT molecular complexity index is 875. The van der Waals surface area contributed by atoms with Gasteiger partial charge in [0.2, 0.25) is 5.91 Å². The number of amides is 2. The lowest BCUT2D eigenvalue weighted by Gasteiger charge is -2.21. The smallest absolute Gasteiger partial charge is 0.257 e. The van der Waals surface area contributed by atoms with Crippen LogP contribution in [0.2, 0.25) is 0 Å². The molecule has 154 valence electrons. The predicted molar refractivity (Wildman–Crippen MR) is 111 cm³/mol. The molecule has 1 aromatic carbocycles. The van der Waals surface area contributed by atoms with Gasteiger partial charge in [0, 0.05) is 23.6 Å². The molecule has 2 atom stereocenters. The first-order valence-corrected chi connectivity index (χ1v) is 10.8. The van der Waals surface area contributed by atoms with Gasteiger partial charge < -0.3 is 14.8 Å². The number of hydrogen-bond donors (Lipinski definition) is 2. The number of aromatic nitrogens is 1. The molecule has 0 spiro atoms. The fourth-order valence-electron chi connectivity index (χ4n) is 3.78. The number of rotatable bonds is 6. The first kappa shape index (κ1) is 19.8. The van der Waals surface area contributed by atoms with Gasteiger partial charge in [-0.15, -0.1) is 11.3 Å². The van der Waals surface area contributed by atoms with Crippen LogP contribution in [-0.2, 0) is 16.0 Å². The number of fused-ring (bicyclic) bond motifs is 1. The van der Waals surface area contributed by atoms with E-state index in [1.807, 2.05) is 0 Å². The van der Waals surface area contributed by atoms with Gasteiger partial charge in [0.25, 0.3) is 5.91 Å². The Balaban J connectivity index is 1.41. The highest BCUT2D eigenvalue weighted by atomic mass is 32.1. The van der Waals surface area contributed by atoms with E-state index >= 15 is 0 Å². The van der Waals surface area contributed by atoms with Crippen molar-refractivity contribution in [2.45, 2.75) is 44.1 Å². The van der Waals surface area contributed by atoms with Gasteiger partial charge in [-0.05, 0) is 56.4 Å². The van der Waals surface area contributed by atoms with Crippen molar-refractivity contribution >= 4 is 28.3 Å². The molecule has 29 heavy (non-hydrogen) atoms. The van der Waals surface area contributed by atoms with E-state index in [-0.39, 0.29) is 23.8 Å². The monoisotopic (exact) mass is 415 g/mol. The Morgan fingerprint density at radius 2 is 2.07 bits per heavy atom. The number of methoxy groups -OCH3 is 1. The molecule has 8 heteroatoms. The second-order valence-corrected chi connectivity index (χ2v) is 8.42. The van der Waals surface area contributed by atoms with Crippen molar-refractivity contribution in [1.29, 1.82) is 0 Å². The number of ether oxygens (including phenoxy) is 2. The minimum absolute atomic E-state index is 0.000203. The summed E-state index contributed by atoms with van der Waals surface area (Å²) in [4.78, 5) is 30.9. The van der Waals surface area contributed by atoms with E-state index < -0.39 is 0 Å². The van der Waals surface area contributed by atoms with E-state index in [1.165, 1.54) is 11.3 Å². The summed E-state index contributed by atoms with van der Waals surface area (Å²) in [5.41, 5.74) is 1.33. The summed E-state index contributed by atoms with van der Waals surface area (Å²) in [7, 11) is 1.59. The molecule has 0 radical (unpaired) electrons. The summed E-state index contributed by atoms with van der Waals surface area (Å²) < 4.78 is 10.7. The van der Waals surface area contributed by atoms with E-state index in [0.29, 0.717) is 23.0 Å². The van der Waals surface area contributed by atoms with Crippen LogP contribution in [0.25, 0.3) is 0 Å². The molecule has 7 nitrogen and oxygen atoms in total. The predicted octanol–water partition coefficient (Wildman–Crippen LogP) is 3.12. The number of benzene rings is 1. The zero-order chi connectivity index (χ0) is 20.2. The normalized spacial score (nSPS) is 20.7. The highest BCUT2D eigenvalue weighted by Gasteiger charge is 2.31. The Labute approximate surface area is 173 Å². The number of nitrogens with zero attached hydrogens (tertiary/aromatic N) is 1. The maximum absolute atomic E-state index is 12.7. The molecule has 0 unspecified atom stereocenters. The van der Waals surface area contributed by atoms with Crippen LogP contribution in [0.1, 0.15) is 52.5 Å². The molecule has 2 aromatic rings. The molecule has 2 aliphatic rings. The topological polar surface area (TPSA) is 89.5 Å². The maximum Gasteiger partial charge on any atom is 0.257 e. The van der Waals surface area contributed by atoms with Crippen molar-refractivity contribution in [3.8, 4) is 5.75 Å². The van der Waals surface area contributed by atoms with Crippen LogP contribution >= 0.6 is 11.3 Å². The first-order valence-electron chi connectivity index (χ1n) is 9.98. The Morgan fingerprint density at radius 3 is 2.79 bits per heavy atom. The largest absolute Gasteiger partial charge is 0.497 e. The molecule has 1 aliphatic carbocycles. The fourth-order valence-corrected chi connectivity index (χ4v) is 4.84. The second-order valence-electron chi connectivity index (χ2n) is 7.34. The number of carbonyl (C=O) groups excluding carboxylic acids is 2. The zero-order valence-corrected chi connectivity index (χ0v) is 17.2. The van der Waals surface area contributed by atoms with Gasteiger partial charge in [0.15, 0.2) is 5.13 Å². The summed E-state index contributed by atoms with van der Waals surface area (Å²) in [6.45, 7) is 1.33. The van der Waals surface area contributed by atoms with Crippen LogP contribution in [0.4, 0.5) is 5.13 Å². The van der Waals surface area contributed by atoms with Gasteiger partial charge >= 0.3 is 0 Å². The van der Waals surface area contributed by atoms with E-state index in [4.69, 9.17) is 9.47 Å². The van der Waals surface area contributed by atoms with Crippen molar-refractivity contribution < 1.29 is 19.1 Å². The van der Waals surface area contributed by atoms with Crippen LogP contribution in [0.3, 0.4) is 0 Å². The van der Waals surface area contributed by atoms with E-state index in [2.05, 4.69) is 15.6 Å². The number of carbonyl (C=O) groups is 2. The quantitative estimate of drug-likeness (QED) is 0.757. The van der Waals surface area contributed by atoms with Gasteiger partial charge in [-0.2, -0.15) is 0 Å². The number of nitrogens with one attached hydrogen (secondary N) is 2. The number of aryl methyl sites for hydroxylation is 1. The molecule has 2 amide bonds. The third-order valence-corrected chi connectivity index (χ3v) is 6.42. The molecule has 1 saturated heterocycles. The van der Waals surface area contributed by atoms with E-state index in [0.717, 1.165) is 49.3 Å². The van der Waals surface area contributed by atoms with Crippen molar-refractivity contribution in [1.82, 2.24) is 10.3 Å². The Hall–Kier alpha value is -2.45. The first-order chi connectivity index (χ1) is 14.1. The molecular formula is C21H25N3O4S. The molecule has 4 rings (SSSR count). The molecule has 2 heterocycles. The van der Waals surface area contributed by atoms with Crippen LogP contribution in [0, 0.1) is 0 Å². The second kappa shape index (κ2) is 8.92. The number of hydrogen-bond acceptors (Lipinski definition) is 6. The molecule has 1 aliphatic heterocycles. The Kier molecular flexibility index (Phi) is 6.10. The lowest BCUT2D eigenvalue weighted by atomic mass is 9.90. The third-order valence-electron chi connectivity index (χ3n) is 5.37. The highest BCUT2D eigenvalue weighted by Crippen LogP contribution is 2.37. The molecule has 1 aromatic heterocycles. The van der Waals surface area contributed by atoms with E-state index in [1.54, 1.807) is 31.4 Å². The fraction of sp³-hybridized carbons (Fsp3) is 0.476. The number of thiazole rings is 1. The number of anilines is 1. The molecule has 0 bridgehead atoms. The van der Waals surface area contributed by atoms with E-state index in [9.17, 15) is 9.59 Å². The zero-order valence-electron chi connectivity index (χ0n) is 16.4. The van der Waals surface area contributed by atoms with Crippen LogP contribution in [-0.4, -0.2) is 43.2 Å². The van der Waals surface area contributed by atoms with Crippen molar-refractivity contribution in [3.63, 3.8) is 0 Å². The summed E-state index contributed by atoms with van der Waals surface area (Å²) in [5, 5.41) is 6.43. The van der Waals surface area contributed by atoms with Crippen LogP contribution in [0.5, 0.6) is 5.75 Å². The lowest BCUT2D eigenvalue weighted by Crippen LogP contribution is -2.36. The maximum atomic E-state index is 12.7. The van der Waals surface area contributed by atoms with Crippen molar-refractivity contribution in [3.05, 3.63) is 40.4 Å². The van der Waals surface area contributed by atoms with Crippen molar-refractivity contribution in [2.75, 3.05) is 25.6 Å². The summed E-state index contributed by atoms with van der Waals surface area (Å²) in [6.07, 6.45) is 4.78. The highest BCUT2D eigenvalue weighted by molar-refractivity contribution is 7.15. The van der Waals surface area contributed by atoms with Crippen LogP contribution < -0.4 is 15.4 Å². The third kappa shape index (κ3) is 4.59. The standard InChI is InChI=1S/C21H25N3O4S/c1-27-14-9-7-13(8-10-14)19(25)24-21-23-18-16(5-2-6-17(18)29-21)20(26)22-12-15-4-3-11-28-15/h7-10,15-16H,2-6,11-12H2,1H3,(H,22,26)(H,23,24,25)/t15-,16+/m1/s1.